The second-order valence-corrected chi connectivity index (χ2v) is 6.88. The quantitative estimate of drug-likeness (QED) is 0.333. The average molecular weight is 386 g/mol. The highest BCUT2D eigenvalue weighted by Gasteiger charge is 2.52. The van der Waals surface area contributed by atoms with E-state index in [2.05, 4.69) is 4.18 Å². The van der Waals surface area contributed by atoms with Crippen LogP contribution >= 0.6 is 0 Å². The Kier molecular flexibility index (Phi) is 7.26. The van der Waals surface area contributed by atoms with Gasteiger partial charge in [0.25, 0.3) is 10.1 Å². The van der Waals surface area contributed by atoms with Gasteiger partial charge in [-0.05, 0) is 0 Å². The smallest absolute Gasteiger partial charge is 0.303 e. The largest absolute Gasteiger partial charge is 0.456 e. The lowest BCUT2D eigenvalue weighted by Crippen LogP contribution is -2.61. The second-order valence-electron chi connectivity index (χ2n) is 5.24. The fourth-order valence-corrected chi connectivity index (χ4v) is 2.55. The Morgan fingerprint density at radius 2 is 1.36 bits per heavy atom. The maximum Gasteiger partial charge on any atom is 0.303 e. The third kappa shape index (κ3) is 6.92. The van der Waals surface area contributed by atoms with Crippen LogP contribution in [-0.2, 0) is 47.6 Å². The van der Waals surface area contributed by atoms with Crippen molar-refractivity contribution in [1.82, 2.24) is 0 Å². The summed E-state index contributed by atoms with van der Waals surface area (Å²) in [5.74, 6) is -2.59. The van der Waals surface area contributed by atoms with Crippen molar-refractivity contribution in [1.29, 1.82) is 0 Å². The molecule has 12 heteroatoms. The molecule has 0 aromatic rings. The maximum absolute atomic E-state index is 14.3. The van der Waals surface area contributed by atoms with Gasteiger partial charge in [0.05, 0.1) is 12.9 Å². The van der Waals surface area contributed by atoms with E-state index in [1.165, 1.54) is 0 Å². The minimum Gasteiger partial charge on any atom is -0.456 e. The number of halogens is 1. The summed E-state index contributed by atoms with van der Waals surface area (Å²) >= 11 is 0. The number of hydrogen-bond donors (Lipinski definition) is 0. The van der Waals surface area contributed by atoms with E-state index >= 15 is 0 Å². The Morgan fingerprint density at radius 3 is 1.80 bits per heavy atom. The van der Waals surface area contributed by atoms with E-state index in [1.807, 2.05) is 0 Å². The van der Waals surface area contributed by atoms with Crippen LogP contribution < -0.4 is 0 Å². The van der Waals surface area contributed by atoms with Crippen molar-refractivity contribution < 1.29 is 50.3 Å². The highest BCUT2D eigenvalue weighted by atomic mass is 32.2. The van der Waals surface area contributed by atoms with Crippen LogP contribution in [0.5, 0.6) is 0 Å². The van der Waals surface area contributed by atoms with Crippen LogP contribution in [0.2, 0.25) is 0 Å². The van der Waals surface area contributed by atoms with E-state index in [0.29, 0.717) is 0 Å². The number of esters is 3. The highest BCUT2D eigenvalue weighted by molar-refractivity contribution is 7.85. The lowest BCUT2D eigenvalue weighted by molar-refractivity contribution is -0.275. The average Bonchev–Trinajstić information content (AvgIpc) is 2.41. The summed E-state index contributed by atoms with van der Waals surface area (Å²) in [4.78, 5) is 33.8. The third-order valence-electron chi connectivity index (χ3n) is 2.93. The molecule has 1 aliphatic rings. The molecule has 144 valence electrons. The first-order chi connectivity index (χ1) is 11.4. The molecule has 0 saturated carbocycles. The van der Waals surface area contributed by atoms with Crippen molar-refractivity contribution in [2.75, 3.05) is 12.9 Å². The molecule has 1 fully saturated rings. The van der Waals surface area contributed by atoms with Crippen LogP contribution in [0.1, 0.15) is 20.8 Å². The Bertz CT molecular complexity index is 618. The van der Waals surface area contributed by atoms with Gasteiger partial charge < -0.3 is 18.9 Å². The predicted octanol–water partition coefficient (Wildman–Crippen LogP) is -0.548. The zero-order valence-corrected chi connectivity index (χ0v) is 14.8. The molecule has 10 nitrogen and oxygen atoms in total. The van der Waals surface area contributed by atoms with Gasteiger partial charge in [0.15, 0.2) is 18.3 Å². The van der Waals surface area contributed by atoms with Gasteiger partial charge in [-0.1, -0.05) is 0 Å². The summed E-state index contributed by atoms with van der Waals surface area (Å²) in [7, 11) is -3.90. The van der Waals surface area contributed by atoms with Crippen LogP contribution in [-0.4, -0.2) is 70.0 Å². The summed E-state index contributed by atoms with van der Waals surface area (Å²) in [5.41, 5.74) is 0. The minimum absolute atomic E-state index is 0.707. The number of hydrogen-bond acceptors (Lipinski definition) is 10. The lowest BCUT2D eigenvalue weighted by atomic mass is 9.99. The van der Waals surface area contributed by atoms with E-state index in [9.17, 15) is 27.2 Å². The lowest BCUT2D eigenvalue weighted by Gasteiger charge is -2.41. The number of alkyl halides is 1. The fourth-order valence-electron chi connectivity index (χ4n) is 2.17. The maximum atomic E-state index is 14.3. The molecule has 0 bridgehead atoms. The fraction of sp³-hybridized carbons (Fsp3) is 0.769. The van der Waals surface area contributed by atoms with Gasteiger partial charge in [-0.2, -0.15) is 8.42 Å². The molecule has 1 aliphatic heterocycles. The Hall–Kier alpha value is -1.79. The predicted molar refractivity (Wildman–Crippen MR) is 77.2 cm³/mol. The molecule has 0 spiro atoms. The zero-order chi connectivity index (χ0) is 19.4. The molecular weight excluding hydrogens is 367 g/mol. The molecule has 0 amide bonds. The number of carbonyl (C=O) groups is 3. The molecule has 0 radical (unpaired) electrons. The van der Waals surface area contributed by atoms with E-state index in [-0.39, 0.29) is 0 Å². The van der Waals surface area contributed by atoms with Gasteiger partial charge in [-0.15, -0.1) is 0 Å². The Morgan fingerprint density at radius 1 is 0.920 bits per heavy atom. The van der Waals surface area contributed by atoms with Crippen LogP contribution in [0.15, 0.2) is 0 Å². The zero-order valence-electron chi connectivity index (χ0n) is 14.0. The molecule has 5 atom stereocenters. The molecule has 0 aromatic carbocycles. The van der Waals surface area contributed by atoms with Crippen LogP contribution in [0.4, 0.5) is 4.39 Å². The highest BCUT2D eigenvalue weighted by Crippen LogP contribution is 2.29. The van der Waals surface area contributed by atoms with E-state index in [1.54, 1.807) is 0 Å². The van der Waals surface area contributed by atoms with E-state index < -0.39 is 65.4 Å². The first-order valence-corrected chi connectivity index (χ1v) is 8.88. The van der Waals surface area contributed by atoms with Crippen LogP contribution in [0.3, 0.4) is 0 Å². The van der Waals surface area contributed by atoms with Crippen molar-refractivity contribution in [3.8, 4) is 0 Å². The normalized spacial score (nSPS) is 29.6. The van der Waals surface area contributed by atoms with Crippen LogP contribution in [0, 0.1) is 0 Å². The van der Waals surface area contributed by atoms with Crippen molar-refractivity contribution in [2.45, 2.75) is 51.5 Å². The van der Waals surface area contributed by atoms with Gasteiger partial charge in [0.1, 0.15) is 6.10 Å². The van der Waals surface area contributed by atoms with Gasteiger partial charge in [-0.25, -0.2) is 4.39 Å². The number of carbonyl (C=O) groups excluding carboxylic acids is 3. The van der Waals surface area contributed by atoms with Gasteiger partial charge in [0.2, 0.25) is 6.36 Å². The van der Waals surface area contributed by atoms with Gasteiger partial charge in [0, 0.05) is 20.8 Å². The minimum atomic E-state index is -3.90. The summed E-state index contributed by atoms with van der Waals surface area (Å²) in [6, 6.07) is 0. The standard InChI is InChI=1S/C13H19FO10S/c1-6(15)21-10-9(5-20-25(4,18)19)24-13(14)12(23-8(3)17)11(10)22-7(2)16/h9-13H,5H2,1-4H3/t9-,10+,11+,12-,13+/m1/s1. The Labute approximate surface area is 143 Å². The summed E-state index contributed by atoms with van der Waals surface area (Å²) in [6.45, 7) is 2.33. The van der Waals surface area contributed by atoms with Gasteiger partial charge >= 0.3 is 17.9 Å². The van der Waals surface area contributed by atoms with Crippen molar-refractivity contribution in [2.24, 2.45) is 0 Å². The first kappa shape index (κ1) is 21.3. The van der Waals surface area contributed by atoms with Crippen molar-refractivity contribution >= 4 is 28.0 Å². The molecular formula is C13H19FO10S. The van der Waals surface area contributed by atoms with E-state index in [4.69, 9.17) is 18.9 Å². The molecule has 0 aliphatic carbocycles. The molecule has 25 heavy (non-hydrogen) atoms. The monoisotopic (exact) mass is 386 g/mol. The third-order valence-corrected chi connectivity index (χ3v) is 3.49. The Balaban J connectivity index is 3.15. The summed E-state index contributed by atoms with van der Waals surface area (Å²) < 4.78 is 60.6. The molecule has 0 unspecified atom stereocenters. The molecule has 1 rings (SSSR count). The van der Waals surface area contributed by atoms with Crippen LogP contribution in [0.25, 0.3) is 0 Å². The van der Waals surface area contributed by atoms with Crippen molar-refractivity contribution in [3.05, 3.63) is 0 Å². The summed E-state index contributed by atoms with van der Waals surface area (Å²) in [6.07, 6.45) is -7.66. The first-order valence-electron chi connectivity index (χ1n) is 7.06. The van der Waals surface area contributed by atoms with Gasteiger partial charge in [-0.3, -0.25) is 18.6 Å². The molecule has 0 N–H and O–H groups in total. The molecule has 1 heterocycles. The summed E-state index contributed by atoms with van der Waals surface area (Å²) in [5, 5.41) is 0. The number of rotatable bonds is 6. The number of ether oxygens (including phenoxy) is 4. The van der Waals surface area contributed by atoms with Crippen molar-refractivity contribution in [3.63, 3.8) is 0 Å². The SMILES string of the molecule is CC(=O)O[C@@H]1[C@@H](OC(C)=O)[C@@H](F)O[C@H](COS(C)(=O)=O)[C@@H]1OC(C)=O. The second kappa shape index (κ2) is 8.54. The topological polar surface area (TPSA) is 132 Å². The van der Waals surface area contributed by atoms with E-state index in [0.717, 1.165) is 27.0 Å². The molecule has 1 saturated heterocycles. The molecule has 0 aromatic heterocycles.